The molecule has 21 heavy (non-hydrogen) atoms. The zero-order valence-corrected chi connectivity index (χ0v) is 13.1. The molecular formula is C12H23N5O3S. The van der Waals surface area contributed by atoms with Gasteiger partial charge in [0, 0.05) is 13.1 Å². The second-order valence-electron chi connectivity index (χ2n) is 5.22. The van der Waals surface area contributed by atoms with Crippen molar-refractivity contribution in [2.75, 3.05) is 26.2 Å². The van der Waals surface area contributed by atoms with Crippen molar-refractivity contribution < 1.29 is 12.9 Å². The lowest BCUT2D eigenvalue weighted by molar-refractivity contribution is 0.265. The van der Waals surface area contributed by atoms with E-state index in [-0.39, 0.29) is 6.54 Å². The fraction of sp³-hybridized carbons (Fsp3) is 0.833. The summed E-state index contributed by atoms with van der Waals surface area (Å²) in [5, 5.41) is 6.97. The van der Waals surface area contributed by atoms with Crippen LogP contribution >= 0.6 is 0 Å². The van der Waals surface area contributed by atoms with Crippen LogP contribution in [-0.2, 0) is 16.8 Å². The first-order chi connectivity index (χ1) is 10.1. The predicted octanol–water partition coefficient (Wildman–Crippen LogP) is 0.116. The molecular weight excluding hydrogens is 294 g/mol. The Morgan fingerprint density at radius 1 is 1.43 bits per heavy atom. The number of nitrogens with zero attached hydrogens (tertiary/aromatic N) is 3. The second kappa shape index (κ2) is 7.83. The molecule has 2 heterocycles. The molecule has 0 aliphatic carbocycles. The highest BCUT2D eigenvalue weighted by Crippen LogP contribution is 2.18. The van der Waals surface area contributed by atoms with Gasteiger partial charge in [0.05, 0.1) is 6.54 Å². The summed E-state index contributed by atoms with van der Waals surface area (Å²) in [6.45, 7) is 5.29. The van der Waals surface area contributed by atoms with E-state index in [4.69, 9.17) is 0 Å². The Labute approximate surface area is 125 Å². The van der Waals surface area contributed by atoms with Crippen LogP contribution in [0.3, 0.4) is 0 Å². The smallest absolute Gasteiger partial charge is 0.279 e. The molecule has 0 radical (unpaired) electrons. The molecule has 1 fully saturated rings. The predicted molar refractivity (Wildman–Crippen MR) is 77.5 cm³/mol. The van der Waals surface area contributed by atoms with E-state index in [0.717, 1.165) is 32.4 Å². The molecule has 0 bridgehead atoms. The average Bonchev–Trinajstić information content (AvgIpc) is 3.00. The Balaban J connectivity index is 1.75. The maximum Gasteiger partial charge on any atom is 0.279 e. The minimum Gasteiger partial charge on any atom is -0.343 e. The minimum atomic E-state index is -3.47. The van der Waals surface area contributed by atoms with Crippen LogP contribution in [0.25, 0.3) is 0 Å². The van der Waals surface area contributed by atoms with Crippen LogP contribution < -0.4 is 10.0 Å². The van der Waals surface area contributed by atoms with Gasteiger partial charge in [-0.1, -0.05) is 12.1 Å². The van der Waals surface area contributed by atoms with Gasteiger partial charge in [-0.15, -0.1) is 0 Å². The van der Waals surface area contributed by atoms with Gasteiger partial charge < -0.3 is 9.84 Å². The molecule has 0 unspecified atom stereocenters. The van der Waals surface area contributed by atoms with E-state index < -0.39 is 10.2 Å². The van der Waals surface area contributed by atoms with Crippen molar-refractivity contribution in [3.63, 3.8) is 0 Å². The van der Waals surface area contributed by atoms with Crippen molar-refractivity contribution >= 4 is 10.2 Å². The van der Waals surface area contributed by atoms with Crippen LogP contribution in [0.4, 0.5) is 0 Å². The van der Waals surface area contributed by atoms with E-state index in [1.807, 2.05) is 0 Å². The van der Waals surface area contributed by atoms with Gasteiger partial charge >= 0.3 is 0 Å². The van der Waals surface area contributed by atoms with Crippen LogP contribution in [0.1, 0.15) is 32.0 Å². The molecule has 0 spiro atoms. The highest BCUT2D eigenvalue weighted by Gasteiger charge is 2.27. The summed E-state index contributed by atoms with van der Waals surface area (Å²) in [5.74, 6) is 0.887. The normalized spacial score (nSPS) is 18.1. The Hall–Kier alpha value is -1.03. The van der Waals surface area contributed by atoms with E-state index in [1.165, 1.54) is 10.7 Å². The fourth-order valence-electron chi connectivity index (χ4n) is 2.35. The molecule has 1 aromatic heterocycles. The number of hydrogen-bond acceptors (Lipinski definition) is 6. The number of rotatable bonds is 8. The van der Waals surface area contributed by atoms with E-state index in [1.54, 1.807) is 0 Å². The fourth-order valence-corrected chi connectivity index (χ4v) is 3.54. The largest absolute Gasteiger partial charge is 0.343 e. The quantitative estimate of drug-likeness (QED) is 0.660. The second-order valence-corrected chi connectivity index (χ2v) is 6.98. The van der Waals surface area contributed by atoms with Crippen LogP contribution in [0.15, 0.2) is 10.9 Å². The summed E-state index contributed by atoms with van der Waals surface area (Å²) in [4.78, 5) is 3.79. The molecule has 1 aliphatic heterocycles. The van der Waals surface area contributed by atoms with Gasteiger partial charge in [0.2, 0.25) is 6.39 Å². The third kappa shape index (κ3) is 5.03. The Morgan fingerprint density at radius 2 is 2.19 bits per heavy atom. The molecule has 0 amide bonds. The first-order valence-corrected chi connectivity index (χ1v) is 8.76. The zero-order chi connectivity index (χ0) is 15.1. The molecule has 1 aliphatic rings. The SMILES string of the molecule is CCCNCC1CCN(S(=O)(=O)NCc2ncon2)CC1. The van der Waals surface area contributed by atoms with Crippen LogP contribution in [-0.4, -0.2) is 49.0 Å². The van der Waals surface area contributed by atoms with Crippen molar-refractivity contribution in [3.05, 3.63) is 12.2 Å². The van der Waals surface area contributed by atoms with Gasteiger partial charge in [-0.3, -0.25) is 0 Å². The monoisotopic (exact) mass is 317 g/mol. The number of nitrogens with one attached hydrogen (secondary N) is 2. The van der Waals surface area contributed by atoms with Crippen molar-refractivity contribution in [2.24, 2.45) is 5.92 Å². The first kappa shape index (κ1) is 16.3. The topological polar surface area (TPSA) is 100 Å². The average molecular weight is 317 g/mol. The van der Waals surface area contributed by atoms with Crippen molar-refractivity contribution in [1.29, 1.82) is 0 Å². The van der Waals surface area contributed by atoms with Gasteiger partial charge in [0.1, 0.15) is 0 Å². The molecule has 8 nitrogen and oxygen atoms in total. The van der Waals surface area contributed by atoms with Gasteiger partial charge in [-0.05, 0) is 38.3 Å². The Morgan fingerprint density at radius 3 is 2.81 bits per heavy atom. The molecule has 2 N–H and O–H groups in total. The summed E-state index contributed by atoms with van der Waals surface area (Å²) in [7, 11) is -3.47. The maximum atomic E-state index is 12.2. The van der Waals surface area contributed by atoms with E-state index in [9.17, 15) is 8.42 Å². The lowest BCUT2D eigenvalue weighted by atomic mass is 9.98. The van der Waals surface area contributed by atoms with Crippen LogP contribution in [0, 0.1) is 5.92 Å². The van der Waals surface area contributed by atoms with E-state index >= 15 is 0 Å². The van der Waals surface area contributed by atoms with Crippen molar-refractivity contribution in [2.45, 2.75) is 32.7 Å². The molecule has 120 valence electrons. The van der Waals surface area contributed by atoms with Gasteiger partial charge in [0.25, 0.3) is 10.2 Å². The summed E-state index contributed by atoms with van der Waals surface area (Å²) >= 11 is 0. The minimum absolute atomic E-state index is 0.0524. The van der Waals surface area contributed by atoms with Gasteiger partial charge in [-0.2, -0.15) is 22.4 Å². The third-order valence-corrected chi connectivity index (χ3v) is 5.15. The standard InChI is InChI=1S/C12H23N5O3S/c1-2-5-13-8-11-3-6-17(7-4-11)21(18,19)15-9-12-14-10-20-16-12/h10-11,13,15H,2-9H2,1H3. The summed E-state index contributed by atoms with van der Waals surface area (Å²) in [6.07, 6.45) is 4.07. The molecule has 1 aromatic rings. The summed E-state index contributed by atoms with van der Waals surface area (Å²) in [6, 6.07) is 0. The van der Waals surface area contributed by atoms with Crippen LogP contribution in [0.2, 0.25) is 0 Å². The van der Waals surface area contributed by atoms with Gasteiger partial charge in [-0.25, -0.2) is 0 Å². The first-order valence-electron chi connectivity index (χ1n) is 7.32. The zero-order valence-electron chi connectivity index (χ0n) is 12.3. The van der Waals surface area contributed by atoms with Crippen molar-refractivity contribution in [1.82, 2.24) is 24.5 Å². The van der Waals surface area contributed by atoms with Crippen molar-refractivity contribution in [3.8, 4) is 0 Å². The Kier molecular flexibility index (Phi) is 6.09. The molecule has 0 atom stereocenters. The van der Waals surface area contributed by atoms with Gasteiger partial charge in [0.15, 0.2) is 5.82 Å². The number of hydrogen-bond donors (Lipinski definition) is 2. The lowest BCUT2D eigenvalue weighted by Gasteiger charge is -2.31. The highest BCUT2D eigenvalue weighted by atomic mass is 32.2. The summed E-state index contributed by atoms with van der Waals surface area (Å²) in [5.41, 5.74) is 0. The maximum absolute atomic E-state index is 12.2. The molecule has 1 saturated heterocycles. The van der Waals surface area contributed by atoms with Crippen LogP contribution in [0.5, 0.6) is 0 Å². The molecule has 0 aromatic carbocycles. The number of piperidine rings is 1. The lowest BCUT2D eigenvalue weighted by Crippen LogP contribution is -2.46. The molecule has 2 rings (SSSR count). The molecule has 9 heteroatoms. The third-order valence-electron chi connectivity index (χ3n) is 3.59. The highest BCUT2D eigenvalue weighted by molar-refractivity contribution is 7.87. The molecule has 0 saturated carbocycles. The van der Waals surface area contributed by atoms with E-state index in [2.05, 4.69) is 31.6 Å². The van der Waals surface area contributed by atoms with E-state index in [0.29, 0.717) is 24.8 Å². The number of aromatic nitrogens is 2. The summed E-state index contributed by atoms with van der Waals surface area (Å²) < 4.78 is 32.9. The Bertz CT molecular complexity index is 497.